The number of anilines is 3. The third-order valence-electron chi connectivity index (χ3n) is 8.71. The van der Waals surface area contributed by atoms with Crippen LogP contribution < -0.4 is 4.90 Å². The number of benzene rings is 6. The Hall–Kier alpha value is -4.88. The summed E-state index contributed by atoms with van der Waals surface area (Å²) in [4.78, 5) is 2.42. The van der Waals surface area contributed by atoms with Gasteiger partial charge in [0, 0.05) is 16.9 Å². The lowest BCUT2D eigenvalue weighted by molar-refractivity contribution is 0.590. The second-order valence-electron chi connectivity index (χ2n) is 12.2. The molecule has 1 heteroatoms. The van der Waals surface area contributed by atoms with Gasteiger partial charge in [0.05, 0.1) is 11.1 Å². The average molecular weight is 542 g/mol. The first-order valence-corrected chi connectivity index (χ1v) is 14.8. The fourth-order valence-electron chi connectivity index (χ4n) is 6.78. The molecule has 1 nitrogen and oxygen atoms in total. The molecule has 0 heterocycles. The quantitative estimate of drug-likeness (QED) is 0.209. The second-order valence-corrected chi connectivity index (χ2v) is 12.2. The number of nitrogens with zero attached hydrogens (tertiary/aromatic N) is 1. The van der Waals surface area contributed by atoms with E-state index in [0.717, 1.165) is 11.4 Å². The van der Waals surface area contributed by atoms with Gasteiger partial charge in [-0.1, -0.05) is 148 Å². The largest absolute Gasteiger partial charge is 0.310 e. The average Bonchev–Trinajstić information content (AvgIpc) is 3.34. The maximum atomic E-state index is 2.42. The summed E-state index contributed by atoms with van der Waals surface area (Å²) in [6.07, 6.45) is 0. The van der Waals surface area contributed by atoms with Gasteiger partial charge in [-0.05, 0) is 69.1 Å². The lowest BCUT2D eigenvalue weighted by Gasteiger charge is -2.34. The van der Waals surface area contributed by atoms with Gasteiger partial charge in [0.1, 0.15) is 0 Å². The molecular weight excluding hydrogens is 506 g/mol. The van der Waals surface area contributed by atoms with Crippen molar-refractivity contribution in [2.45, 2.75) is 31.6 Å². The zero-order chi connectivity index (χ0) is 28.7. The first kappa shape index (κ1) is 26.0. The molecule has 0 saturated carbocycles. The molecule has 0 saturated heterocycles. The molecule has 6 aromatic carbocycles. The SMILES string of the molecule is CC(C)(C)c1ccc(N(c2ccccc2)c2cccc3c2-c2ccccc2C3(c2ccccc2)c2ccccc2)cc1. The minimum atomic E-state index is -0.428. The highest BCUT2D eigenvalue weighted by molar-refractivity contribution is 5.97. The highest BCUT2D eigenvalue weighted by atomic mass is 15.1. The first-order chi connectivity index (χ1) is 20.5. The summed E-state index contributed by atoms with van der Waals surface area (Å²) < 4.78 is 0. The van der Waals surface area contributed by atoms with Gasteiger partial charge in [0.15, 0.2) is 0 Å². The standard InChI is InChI=1S/C41H35N/c1-40(2,3)30-26-28-34(29-27-30)42(33-20-11-6-12-21-33)38-25-15-24-37-39(38)35-22-13-14-23-36(35)41(37,31-16-7-4-8-17-31)32-18-9-5-10-19-32/h4-29H,1-3H3. The minimum absolute atomic E-state index is 0.0913. The molecule has 0 bridgehead atoms. The number of hydrogen-bond acceptors (Lipinski definition) is 1. The zero-order valence-corrected chi connectivity index (χ0v) is 24.5. The van der Waals surface area contributed by atoms with Crippen molar-refractivity contribution in [2.75, 3.05) is 4.90 Å². The second kappa shape index (κ2) is 10.2. The maximum Gasteiger partial charge on any atom is 0.0714 e. The summed E-state index contributed by atoms with van der Waals surface area (Å²) in [5.74, 6) is 0. The van der Waals surface area contributed by atoms with Crippen molar-refractivity contribution in [3.8, 4) is 11.1 Å². The van der Waals surface area contributed by atoms with Crippen LogP contribution in [0.3, 0.4) is 0 Å². The van der Waals surface area contributed by atoms with Crippen LogP contribution in [0.2, 0.25) is 0 Å². The van der Waals surface area contributed by atoms with Crippen molar-refractivity contribution >= 4 is 17.1 Å². The molecule has 1 aliphatic carbocycles. The number of para-hydroxylation sites is 1. The molecule has 0 N–H and O–H groups in total. The van der Waals surface area contributed by atoms with Crippen LogP contribution >= 0.6 is 0 Å². The number of fused-ring (bicyclic) bond motifs is 3. The Balaban J connectivity index is 1.55. The zero-order valence-electron chi connectivity index (χ0n) is 24.5. The number of rotatable bonds is 5. The Labute approximate surface area is 249 Å². The van der Waals surface area contributed by atoms with E-state index in [2.05, 4.69) is 183 Å². The molecule has 0 amide bonds. The van der Waals surface area contributed by atoms with Crippen molar-refractivity contribution in [3.63, 3.8) is 0 Å². The van der Waals surface area contributed by atoms with Crippen LogP contribution in [-0.4, -0.2) is 0 Å². The van der Waals surface area contributed by atoms with E-state index in [1.807, 2.05) is 0 Å². The Bertz CT molecular complexity index is 1790. The lowest BCUT2D eigenvalue weighted by atomic mass is 9.68. The van der Waals surface area contributed by atoms with E-state index in [0.29, 0.717) is 0 Å². The highest BCUT2D eigenvalue weighted by Gasteiger charge is 2.47. The smallest absolute Gasteiger partial charge is 0.0714 e. The molecule has 0 radical (unpaired) electrons. The van der Waals surface area contributed by atoms with Gasteiger partial charge in [-0.2, -0.15) is 0 Å². The van der Waals surface area contributed by atoms with Crippen LogP contribution in [0.15, 0.2) is 158 Å². The van der Waals surface area contributed by atoms with E-state index in [9.17, 15) is 0 Å². The fourth-order valence-corrected chi connectivity index (χ4v) is 6.78. The van der Waals surface area contributed by atoms with Crippen molar-refractivity contribution in [3.05, 3.63) is 186 Å². The summed E-state index contributed by atoms with van der Waals surface area (Å²) in [6.45, 7) is 6.81. The van der Waals surface area contributed by atoms with Gasteiger partial charge in [-0.25, -0.2) is 0 Å². The Morgan fingerprint density at radius 2 is 0.952 bits per heavy atom. The van der Waals surface area contributed by atoms with E-state index in [1.54, 1.807) is 0 Å². The summed E-state index contributed by atoms with van der Waals surface area (Å²) >= 11 is 0. The maximum absolute atomic E-state index is 2.42. The summed E-state index contributed by atoms with van der Waals surface area (Å²) in [5.41, 5.74) is 12.2. The summed E-state index contributed by atoms with van der Waals surface area (Å²) in [7, 11) is 0. The highest BCUT2D eigenvalue weighted by Crippen LogP contribution is 2.59. The van der Waals surface area contributed by atoms with Gasteiger partial charge in [0.2, 0.25) is 0 Å². The van der Waals surface area contributed by atoms with Gasteiger partial charge < -0.3 is 4.90 Å². The molecule has 0 spiro atoms. The van der Waals surface area contributed by atoms with Gasteiger partial charge in [-0.3, -0.25) is 0 Å². The fraction of sp³-hybridized carbons (Fsp3) is 0.122. The van der Waals surface area contributed by atoms with Gasteiger partial charge >= 0.3 is 0 Å². The van der Waals surface area contributed by atoms with Crippen molar-refractivity contribution in [1.82, 2.24) is 0 Å². The van der Waals surface area contributed by atoms with E-state index < -0.39 is 5.41 Å². The number of hydrogen-bond donors (Lipinski definition) is 0. The molecule has 6 aromatic rings. The van der Waals surface area contributed by atoms with Crippen LogP contribution in [0.5, 0.6) is 0 Å². The van der Waals surface area contributed by atoms with E-state index in [1.165, 1.54) is 44.6 Å². The molecule has 7 rings (SSSR count). The molecule has 1 aliphatic rings. The molecule has 0 atom stereocenters. The molecular formula is C41H35N. The third-order valence-corrected chi connectivity index (χ3v) is 8.71. The van der Waals surface area contributed by atoms with Crippen molar-refractivity contribution in [1.29, 1.82) is 0 Å². The molecule has 42 heavy (non-hydrogen) atoms. The summed E-state index contributed by atoms with van der Waals surface area (Å²) in [6, 6.07) is 57.7. The molecule has 0 aromatic heterocycles. The molecule has 0 fully saturated rings. The predicted octanol–water partition coefficient (Wildman–Crippen LogP) is 10.8. The van der Waals surface area contributed by atoms with Crippen LogP contribution in [0.4, 0.5) is 17.1 Å². The van der Waals surface area contributed by atoms with E-state index in [-0.39, 0.29) is 5.41 Å². The third kappa shape index (κ3) is 4.08. The van der Waals surface area contributed by atoms with Gasteiger partial charge in [-0.15, -0.1) is 0 Å². The Morgan fingerprint density at radius 1 is 0.452 bits per heavy atom. The van der Waals surface area contributed by atoms with Crippen LogP contribution in [-0.2, 0) is 10.8 Å². The van der Waals surface area contributed by atoms with Crippen LogP contribution in [0.1, 0.15) is 48.6 Å². The van der Waals surface area contributed by atoms with Gasteiger partial charge in [0.25, 0.3) is 0 Å². The monoisotopic (exact) mass is 541 g/mol. The molecule has 0 aliphatic heterocycles. The topological polar surface area (TPSA) is 3.24 Å². The predicted molar refractivity (Wildman–Crippen MR) is 177 cm³/mol. The first-order valence-electron chi connectivity index (χ1n) is 14.8. The van der Waals surface area contributed by atoms with E-state index in [4.69, 9.17) is 0 Å². The van der Waals surface area contributed by atoms with Crippen molar-refractivity contribution < 1.29 is 0 Å². The molecule has 0 unspecified atom stereocenters. The Morgan fingerprint density at radius 3 is 1.55 bits per heavy atom. The van der Waals surface area contributed by atoms with E-state index >= 15 is 0 Å². The Kier molecular flexibility index (Phi) is 6.32. The van der Waals surface area contributed by atoms with Crippen LogP contribution in [0, 0.1) is 0 Å². The van der Waals surface area contributed by atoms with Crippen LogP contribution in [0.25, 0.3) is 11.1 Å². The minimum Gasteiger partial charge on any atom is -0.310 e. The van der Waals surface area contributed by atoms with Crippen molar-refractivity contribution in [2.24, 2.45) is 0 Å². The molecule has 204 valence electrons. The lowest BCUT2D eigenvalue weighted by Crippen LogP contribution is -2.28. The summed E-state index contributed by atoms with van der Waals surface area (Å²) in [5, 5.41) is 0. The normalized spacial score (nSPS) is 13.3.